The standard InChI is InChI=1S/C13H13FN4O/c14-11-9-16-12(10-1-3-15-4-2-10)17-13(11)18-5-7-19-8-6-18/h1-4,9H,5-8H2. The fourth-order valence-electron chi connectivity index (χ4n) is 2.00. The molecule has 0 radical (unpaired) electrons. The van der Waals surface area contributed by atoms with Crippen LogP contribution in [0.1, 0.15) is 0 Å². The van der Waals surface area contributed by atoms with E-state index in [-0.39, 0.29) is 0 Å². The van der Waals surface area contributed by atoms with Crippen LogP contribution in [0.25, 0.3) is 11.4 Å². The molecule has 0 bridgehead atoms. The monoisotopic (exact) mass is 260 g/mol. The van der Waals surface area contributed by atoms with Crippen molar-refractivity contribution < 1.29 is 9.13 Å². The Morgan fingerprint density at radius 3 is 2.63 bits per heavy atom. The zero-order valence-corrected chi connectivity index (χ0v) is 10.3. The van der Waals surface area contributed by atoms with Crippen molar-refractivity contribution >= 4 is 5.82 Å². The molecule has 0 amide bonds. The van der Waals surface area contributed by atoms with Gasteiger partial charge in [-0.3, -0.25) is 4.98 Å². The molecule has 0 aromatic carbocycles. The van der Waals surface area contributed by atoms with E-state index in [1.807, 2.05) is 4.90 Å². The Morgan fingerprint density at radius 1 is 1.16 bits per heavy atom. The van der Waals surface area contributed by atoms with E-state index >= 15 is 0 Å². The van der Waals surface area contributed by atoms with E-state index in [9.17, 15) is 4.39 Å². The van der Waals surface area contributed by atoms with E-state index in [0.717, 1.165) is 5.56 Å². The summed E-state index contributed by atoms with van der Waals surface area (Å²) in [7, 11) is 0. The quantitative estimate of drug-likeness (QED) is 0.819. The molecule has 1 aliphatic rings. The van der Waals surface area contributed by atoms with Crippen LogP contribution in [0, 0.1) is 5.82 Å². The molecule has 0 atom stereocenters. The average molecular weight is 260 g/mol. The maximum absolute atomic E-state index is 13.9. The Bertz CT molecular complexity index is 558. The van der Waals surface area contributed by atoms with E-state index < -0.39 is 5.82 Å². The van der Waals surface area contributed by atoms with Crippen molar-refractivity contribution in [1.82, 2.24) is 15.0 Å². The molecule has 98 valence electrons. The third-order valence-corrected chi connectivity index (χ3v) is 2.97. The normalized spacial score (nSPS) is 15.5. The van der Waals surface area contributed by atoms with Crippen LogP contribution in [-0.2, 0) is 4.74 Å². The summed E-state index contributed by atoms with van der Waals surface area (Å²) in [5.74, 6) is 0.440. The van der Waals surface area contributed by atoms with Gasteiger partial charge in [0, 0.05) is 31.0 Å². The van der Waals surface area contributed by atoms with E-state index in [1.165, 1.54) is 6.20 Å². The number of rotatable bonds is 2. The Labute approximate surface area is 110 Å². The Morgan fingerprint density at radius 2 is 1.89 bits per heavy atom. The molecule has 1 aliphatic heterocycles. The van der Waals surface area contributed by atoms with Gasteiger partial charge in [0.25, 0.3) is 0 Å². The topological polar surface area (TPSA) is 51.1 Å². The zero-order chi connectivity index (χ0) is 13.1. The van der Waals surface area contributed by atoms with Crippen molar-refractivity contribution in [2.45, 2.75) is 0 Å². The van der Waals surface area contributed by atoms with Crippen LogP contribution in [-0.4, -0.2) is 41.3 Å². The maximum Gasteiger partial charge on any atom is 0.183 e. The molecule has 2 aromatic rings. The highest BCUT2D eigenvalue weighted by Gasteiger charge is 2.18. The number of aromatic nitrogens is 3. The van der Waals surface area contributed by atoms with Crippen LogP contribution < -0.4 is 4.90 Å². The first-order valence-electron chi connectivity index (χ1n) is 6.10. The van der Waals surface area contributed by atoms with Gasteiger partial charge >= 0.3 is 0 Å². The second kappa shape index (κ2) is 5.27. The number of nitrogens with zero attached hydrogens (tertiary/aromatic N) is 4. The van der Waals surface area contributed by atoms with Crippen molar-refractivity contribution in [3.8, 4) is 11.4 Å². The lowest BCUT2D eigenvalue weighted by Crippen LogP contribution is -2.37. The zero-order valence-electron chi connectivity index (χ0n) is 10.3. The minimum atomic E-state index is -0.403. The highest BCUT2D eigenvalue weighted by molar-refractivity contribution is 5.56. The number of ether oxygens (including phenoxy) is 1. The molecular weight excluding hydrogens is 247 g/mol. The van der Waals surface area contributed by atoms with Crippen molar-refractivity contribution in [3.05, 3.63) is 36.5 Å². The van der Waals surface area contributed by atoms with Crippen LogP contribution in [0.5, 0.6) is 0 Å². The highest BCUT2D eigenvalue weighted by atomic mass is 19.1. The van der Waals surface area contributed by atoms with Gasteiger partial charge in [0.15, 0.2) is 17.5 Å². The maximum atomic E-state index is 13.9. The summed E-state index contributed by atoms with van der Waals surface area (Å²) >= 11 is 0. The van der Waals surface area contributed by atoms with Crippen LogP contribution in [0.2, 0.25) is 0 Å². The van der Waals surface area contributed by atoms with Gasteiger partial charge in [0.2, 0.25) is 0 Å². The number of morpholine rings is 1. The molecule has 0 spiro atoms. The third kappa shape index (κ3) is 2.53. The summed E-state index contributed by atoms with van der Waals surface area (Å²) in [6.07, 6.45) is 4.54. The molecule has 0 N–H and O–H groups in total. The summed E-state index contributed by atoms with van der Waals surface area (Å²) in [4.78, 5) is 14.2. The molecule has 0 aliphatic carbocycles. The summed E-state index contributed by atoms with van der Waals surface area (Å²) in [6, 6.07) is 3.60. The minimum absolute atomic E-state index is 0.338. The second-order valence-electron chi connectivity index (χ2n) is 4.20. The van der Waals surface area contributed by atoms with E-state index in [0.29, 0.717) is 37.9 Å². The average Bonchev–Trinajstić information content (AvgIpc) is 2.49. The molecule has 0 saturated carbocycles. The molecule has 6 heteroatoms. The van der Waals surface area contributed by atoms with Crippen molar-refractivity contribution in [2.24, 2.45) is 0 Å². The predicted octanol–water partition coefficient (Wildman–Crippen LogP) is 1.51. The van der Waals surface area contributed by atoms with E-state index in [2.05, 4.69) is 15.0 Å². The first kappa shape index (κ1) is 12.0. The van der Waals surface area contributed by atoms with Crippen molar-refractivity contribution in [1.29, 1.82) is 0 Å². The number of hydrogen-bond acceptors (Lipinski definition) is 5. The largest absolute Gasteiger partial charge is 0.378 e. The number of hydrogen-bond donors (Lipinski definition) is 0. The molecule has 5 nitrogen and oxygen atoms in total. The van der Waals surface area contributed by atoms with Gasteiger partial charge in [-0.15, -0.1) is 0 Å². The minimum Gasteiger partial charge on any atom is -0.378 e. The first-order valence-corrected chi connectivity index (χ1v) is 6.10. The van der Waals surface area contributed by atoms with Gasteiger partial charge in [-0.2, -0.15) is 0 Å². The van der Waals surface area contributed by atoms with E-state index in [1.54, 1.807) is 24.5 Å². The second-order valence-corrected chi connectivity index (χ2v) is 4.20. The third-order valence-electron chi connectivity index (χ3n) is 2.97. The fraction of sp³-hybridized carbons (Fsp3) is 0.308. The molecular formula is C13H13FN4O. The summed E-state index contributed by atoms with van der Waals surface area (Å²) in [5, 5.41) is 0. The van der Waals surface area contributed by atoms with Crippen LogP contribution in [0.4, 0.5) is 10.2 Å². The van der Waals surface area contributed by atoms with Crippen LogP contribution in [0.3, 0.4) is 0 Å². The SMILES string of the molecule is Fc1cnc(-c2ccncc2)nc1N1CCOCC1. The molecule has 0 unspecified atom stereocenters. The Kier molecular flexibility index (Phi) is 3.33. The molecule has 1 saturated heterocycles. The number of pyridine rings is 1. The fourth-order valence-corrected chi connectivity index (χ4v) is 2.00. The lowest BCUT2D eigenvalue weighted by atomic mass is 10.2. The Balaban J connectivity index is 1.96. The van der Waals surface area contributed by atoms with Crippen molar-refractivity contribution in [3.63, 3.8) is 0 Å². The van der Waals surface area contributed by atoms with Gasteiger partial charge in [0.1, 0.15) is 0 Å². The summed E-state index contributed by atoms with van der Waals surface area (Å²) in [6.45, 7) is 2.47. The highest BCUT2D eigenvalue weighted by Crippen LogP contribution is 2.21. The first-order chi connectivity index (χ1) is 9.34. The Hall–Kier alpha value is -2.08. The summed E-state index contributed by atoms with van der Waals surface area (Å²) < 4.78 is 19.1. The smallest absolute Gasteiger partial charge is 0.183 e. The van der Waals surface area contributed by atoms with Gasteiger partial charge in [-0.05, 0) is 12.1 Å². The lowest BCUT2D eigenvalue weighted by molar-refractivity contribution is 0.122. The predicted molar refractivity (Wildman–Crippen MR) is 68.3 cm³/mol. The van der Waals surface area contributed by atoms with Gasteiger partial charge < -0.3 is 9.64 Å². The van der Waals surface area contributed by atoms with Crippen LogP contribution >= 0.6 is 0 Å². The van der Waals surface area contributed by atoms with Crippen molar-refractivity contribution in [2.75, 3.05) is 31.2 Å². The van der Waals surface area contributed by atoms with Crippen LogP contribution in [0.15, 0.2) is 30.7 Å². The summed E-state index contributed by atoms with van der Waals surface area (Å²) in [5.41, 5.74) is 0.824. The molecule has 3 heterocycles. The molecule has 2 aromatic heterocycles. The van der Waals surface area contributed by atoms with Gasteiger partial charge in [-0.25, -0.2) is 14.4 Å². The molecule has 19 heavy (non-hydrogen) atoms. The number of anilines is 1. The molecule has 1 fully saturated rings. The van der Waals surface area contributed by atoms with Gasteiger partial charge in [-0.1, -0.05) is 0 Å². The lowest BCUT2D eigenvalue weighted by Gasteiger charge is -2.28. The number of halogens is 1. The molecule has 3 rings (SSSR count). The van der Waals surface area contributed by atoms with E-state index in [4.69, 9.17) is 4.74 Å². The van der Waals surface area contributed by atoms with Gasteiger partial charge in [0.05, 0.1) is 19.4 Å².